The maximum absolute atomic E-state index is 15.3. The van der Waals surface area contributed by atoms with Crippen LogP contribution in [0.4, 0.5) is 10.1 Å². The lowest BCUT2D eigenvalue weighted by Crippen LogP contribution is -2.45. The average molecular weight is 737 g/mol. The number of amides is 3. The molecule has 0 saturated carbocycles. The summed E-state index contributed by atoms with van der Waals surface area (Å²) in [5.41, 5.74) is 4.16. The molecule has 1 aliphatic rings. The van der Waals surface area contributed by atoms with Crippen molar-refractivity contribution in [3.8, 4) is 16.8 Å². The molecule has 53 heavy (non-hydrogen) atoms. The van der Waals surface area contributed by atoms with E-state index in [0.717, 1.165) is 16.7 Å². The first kappa shape index (κ1) is 36.5. The van der Waals surface area contributed by atoms with Crippen LogP contribution in [0.5, 0.6) is 0 Å². The van der Waals surface area contributed by atoms with Crippen LogP contribution in [0.3, 0.4) is 0 Å². The van der Waals surface area contributed by atoms with Crippen LogP contribution in [0.2, 0.25) is 5.02 Å². The van der Waals surface area contributed by atoms with Gasteiger partial charge in [0.2, 0.25) is 5.91 Å². The lowest BCUT2D eigenvalue weighted by molar-refractivity contribution is -0.135. The van der Waals surface area contributed by atoms with Crippen molar-refractivity contribution in [3.05, 3.63) is 130 Å². The number of halogens is 2. The fraction of sp³-hybridized carbons (Fsp3) is 0.184. The number of anilines is 1. The largest absolute Gasteiger partial charge is 0.478 e. The molecule has 2 heterocycles. The van der Waals surface area contributed by atoms with Crippen LogP contribution in [0.1, 0.15) is 43.4 Å². The maximum atomic E-state index is 15.3. The van der Waals surface area contributed by atoms with Gasteiger partial charge in [-0.15, -0.1) is 5.10 Å². The van der Waals surface area contributed by atoms with Crippen molar-refractivity contribution in [3.63, 3.8) is 0 Å². The number of carbonyl (C=O) groups excluding carboxylic acids is 3. The van der Waals surface area contributed by atoms with Crippen molar-refractivity contribution in [2.75, 3.05) is 39.0 Å². The van der Waals surface area contributed by atoms with Gasteiger partial charge in [0, 0.05) is 42.5 Å². The van der Waals surface area contributed by atoms with Gasteiger partial charge in [0.15, 0.2) is 5.82 Å². The number of fused-ring (bicyclic) bond motifs is 1. The number of hydrogen-bond donors (Lipinski definition) is 3. The lowest BCUT2D eigenvalue weighted by atomic mass is 9.85. The molecule has 0 spiro atoms. The van der Waals surface area contributed by atoms with Crippen LogP contribution in [0.15, 0.2) is 91.3 Å². The van der Waals surface area contributed by atoms with Crippen molar-refractivity contribution in [1.29, 1.82) is 0 Å². The number of tetrazole rings is 1. The number of rotatable bonds is 11. The van der Waals surface area contributed by atoms with Gasteiger partial charge in [-0.3, -0.25) is 14.4 Å². The summed E-state index contributed by atoms with van der Waals surface area (Å²) in [5.74, 6) is -3.20. The molecule has 1 atom stereocenters. The van der Waals surface area contributed by atoms with Gasteiger partial charge < -0.3 is 25.5 Å². The first-order valence-electron chi connectivity index (χ1n) is 16.5. The van der Waals surface area contributed by atoms with Gasteiger partial charge in [-0.2, -0.15) is 4.68 Å². The third-order valence-corrected chi connectivity index (χ3v) is 9.04. The molecule has 0 fully saturated rings. The van der Waals surface area contributed by atoms with Gasteiger partial charge >= 0.3 is 5.97 Å². The molecule has 5 aromatic rings. The molecule has 0 bridgehead atoms. The minimum atomic E-state index is -1.13. The fourth-order valence-electron chi connectivity index (χ4n) is 6.10. The van der Waals surface area contributed by atoms with Crippen LogP contribution in [0, 0.1) is 5.82 Å². The molecule has 3 amide bonds. The Bertz CT molecular complexity index is 2190. The summed E-state index contributed by atoms with van der Waals surface area (Å²) in [6.45, 7) is 1.34. The number of hydrogen-bond acceptors (Lipinski definition) is 8. The zero-order chi connectivity index (χ0) is 37.6. The van der Waals surface area contributed by atoms with Crippen LogP contribution < -0.4 is 10.6 Å². The molecule has 270 valence electrons. The molecule has 1 aromatic heterocycles. The summed E-state index contributed by atoms with van der Waals surface area (Å²) in [4.78, 5) is 55.6. The van der Waals surface area contributed by atoms with Crippen LogP contribution in [0.25, 0.3) is 22.9 Å². The second kappa shape index (κ2) is 16.0. The smallest absolute Gasteiger partial charge is 0.335 e. The first-order chi connectivity index (χ1) is 25.5. The number of carboxylic acid groups (broad SMARTS) is 1. The first-order valence-corrected chi connectivity index (χ1v) is 16.9. The standard InChI is InChI=1S/C38H34ClFN8O5/c1-46(2)21-19-41-36(50)24-8-6-23(7-9-24)27-4-3-5-29-28(27)18-20-47(35(29)37(51)43-26-12-10-25(11-13-26)38(52)53)33(49)17-14-30-32(48-22-42-44-45-48)16-15-31(39)34(30)40/h3-17,22,35H,18-21H2,1-2H3,(H,41,50)(H,43,51)(H,52,53)/b17-14+/t35-/m1/s1. The molecule has 13 nitrogen and oxygen atoms in total. The molecule has 0 radical (unpaired) electrons. The predicted octanol–water partition coefficient (Wildman–Crippen LogP) is 4.89. The summed E-state index contributed by atoms with van der Waals surface area (Å²) < 4.78 is 16.5. The van der Waals surface area contributed by atoms with E-state index in [-0.39, 0.29) is 34.3 Å². The van der Waals surface area contributed by atoms with Gasteiger partial charge in [0.1, 0.15) is 12.4 Å². The molecule has 3 N–H and O–H groups in total. The molecule has 0 unspecified atom stereocenters. The van der Waals surface area contributed by atoms with Crippen molar-refractivity contribution in [2.45, 2.75) is 12.5 Å². The van der Waals surface area contributed by atoms with Crippen LogP contribution >= 0.6 is 11.6 Å². The quantitative estimate of drug-likeness (QED) is 0.160. The number of nitrogens with one attached hydrogen (secondary N) is 2. The highest BCUT2D eigenvalue weighted by Crippen LogP contribution is 2.37. The van der Waals surface area contributed by atoms with Gasteiger partial charge in [0.05, 0.1) is 16.3 Å². The number of benzene rings is 4. The zero-order valence-electron chi connectivity index (χ0n) is 28.7. The Morgan fingerprint density at radius 2 is 1.74 bits per heavy atom. The van der Waals surface area contributed by atoms with E-state index in [1.807, 2.05) is 37.2 Å². The summed E-state index contributed by atoms with van der Waals surface area (Å²) in [7, 11) is 3.86. The maximum Gasteiger partial charge on any atom is 0.335 e. The van der Waals surface area contributed by atoms with E-state index in [9.17, 15) is 24.3 Å². The van der Waals surface area contributed by atoms with E-state index >= 15 is 4.39 Å². The third-order valence-electron chi connectivity index (χ3n) is 8.75. The second-order valence-electron chi connectivity index (χ2n) is 12.4. The Hall–Kier alpha value is -6.25. The number of aromatic carboxylic acids is 1. The molecule has 4 aromatic carbocycles. The molecular formula is C38H34ClFN8O5. The summed E-state index contributed by atoms with van der Waals surface area (Å²) >= 11 is 6.08. The Labute approximate surface area is 308 Å². The van der Waals surface area contributed by atoms with Gasteiger partial charge in [0.25, 0.3) is 11.8 Å². The highest BCUT2D eigenvalue weighted by molar-refractivity contribution is 6.31. The molecule has 15 heteroatoms. The van der Waals surface area contributed by atoms with E-state index in [4.69, 9.17) is 11.6 Å². The summed E-state index contributed by atoms with van der Waals surface area (Å²) in [6, 6.07) is 20.1. The monoisotopic (exact) mass is 736 g/mol. The van der Waals surface area contributed by atoms with E-state index < -0.39 is 29.6 Å². The van der Waals surface area contributed by atoms with Gasteiger partial charge in [-0.1, -0.05) is 41.9 Å². The number of carbonyl (C=O) groups is 4. The number of likely N-dealkylation sites (N-methyl/N-ethyl adjacent to an activating group) is 1. The lowest BCUT2D eigenvalue weighted by Gasteiger charge is -2.37. The molecule has 0 saturated heterocycles. The summed E-state index contributed by atoms with van der Waals surface area (Å²) in [5, 5.41) is 25.9. The number of carboxylic acids is 1. The number of aromatic nitrogens is 4. The Kier molecular flexibility index (Phi) is 11.0. The SMILES string of the molecule is CN(C)CCNC(=O)c1ccc(-c2cccc3c2CCN(C(=O)/C=C/c2c(-n4cnnn4)ccc(Cl)c2F)[C@H]3C(=O)Nc2ccc(C(=O)O)cc2)cc1. The van der Waals surface area contributed by atoms with E-state index in [2.05, 4.69) is 26.2 Å². The number of nitrogens with zero attached hydrogens (tertiary/aromatic N) is 6. The molecule has 6 rings (SSSR count). The van der Waals surface area contributed by atoms with E-state index in [1.165, 1.54) is 64.5 Å². The Morgan fingerprint density at radius 1 is 1.00 bits per heavy atom. The zero-order valence-corrected chi connectivity index (χ0v) is 29.4. The Morgan fingerprint density at radius 3 is 2.42 bits per heavy atom. The third kappa shape index (κ3) is 8.14. The topological polar surface area (TPSA) is 163 Å². The molecule has 1 aliphatic heterocycles. The van der Waals surface area contributed by atoms with Crippen molar-refractivity contribution >= 4 is 47.1 Å². The second-order valence-corrected chi connectivity index (χ2v) is 12.9. The van der Waals surface area contributed by atoms with Crippen molar-refractivity contribution in [1.82, 2.24) is 35.3 Å². The van der Waals surface area contributed by atoms with Crippen LogP contribution in [-0.2, 0) is 16.0 Å². The van der Waals surface area contributed by atoms with Gasteiger partial charge in [-0.05, 0) is 108 Å². The van der Waals surface area contributed by atoms with Gasteiger partial charge in [-0.25, -0.2) is 9.18 Å². The van der Waals surface area contributed by atoms with Crippen LogP contribution in [-0.4, -0.2) is 92.5 Å². The molecule has 0 aliphatic carbocycles. The highest BCUT2D eigenvalue weighted by atomic mass is 35.5. The van der Waals surface area contributed by atoms with Crippen molar-refractivity contribution in [2.24, 2.45) is 0 Å². The highest BCUT2D eigenvalue weighted by Gasteiger charge is 2.36. The summed E-state index contributed by atoms with van der Waals surface area (Å²) in [6.07, 6.45) is 4.10. The molecular weight excluding hydrogens is 703 g/mol. The minimum absolute atomic E-state index is 0.0350. The predicted molar refractivity (Wildman–Crippen MR) is 196 cm³/mol. The Balaban J connectivity index is 1.33. The normalized spacial score (nSPS) is 13.9. The van der Waals surface area contributed by atoms with E-state index in [1.54, 1.807) is 24.3 Å². The van der Waals surface area contributed by atoms with E-state index in [0.29, 0.717) is 36.3 Å². The fourth-order valence-corrected chi connectivity index (χ4v) is 6.26. The minimum Gasteiger partial charge on any atom is -0.478 e. The average Bonchev–Trinajstić information content (AvgIpc) is 3.69. The van der Waals surface area contributed by atoms with Crippen molar-refractivity contribution < 1.29 is 28.7 Å².